The first-order chi connectivity index (χ1) is 10.3. The highest BCUT2D eigenvalue weighted by molar-refractivity contribution is 5.93. The highest BCUT2D eigenvalue weighted by Gasteiger charge is 2.35. The van der Waals surface area contributed by atoms with Gasteiger partial charge < -0.3 is 4.90 Å². The van der Waals surface area contributed by atoms with E-state index in [1.807, 2.05) is 24.1 Å². The van der Waals surface area contributed by atoms with E-state index in [1.54, 1.807) is 12.4 Å². The SMILES string of the molecule is CN(C(=O)c1cccnc1)[C@H]1CCCC[C@H]1N1CCCC1. The standard InChI is InChI=1S/C17H25N3O/c1-19(17(21)14-7-6-10-18-13-14)15-8-2-3-9-16(15)20-11-4-5-12-20/h6-7,10,13,15-16H,2-5,8-9,11-12H2,1H3/t15-,16+/m0/s1. The molecule has 114 valence electrons. The summed E-state index contributed by atoms with van der Waals surface area (Å²) in [5, 5.41) is 0. The molecule has 0 unspecified atom stereocenters. The number of carbonyl (C=O) groups excluding carboxylic acids is 1. The molecule has 21 heavy (non-hydrogen) atoms. The van der Waals surface area contributed by atoms with Crippen LogP contribution in [-0.2, 0) is 0 Å². The molecule has 1 aromatic rings. The van der Waals surface area contributed by atoms with Gasteiger partial charge in [-0.2, -0.15) is 0 Å². The Bertz CT molecular complexity index is 470. The molecule has 3 rings (SSSR count). The Kier molecular flexibility index (Phi) is 4.54. The number of carbonyl (C=O) groups is 1. The fourth-order valence-corrected chi connectivity index (χ4v) is 3.89. The number of pyridine rings is 1. The molecule has 1 saturated carbocycles. The fourth-order valence-electron chi connectivity index (χ4n) is 3.89. The smallest absolute Gasteiger partial charge is 0.255 e. The van der Waals surface area contributed by atoms with Crippen molar-refractivity contribution in [2.75, 3.05) is 20.1 Å². The first-order valence-corrected chi connectivity index (χ1v) is 8.18. The van der Waals surface area contributed by atoms with Crippen LogP contribution in [-0.4, -0.2) is 52.9 Å². The molecule has 2 aliphatic rings. The van der Waals surface area contributed by atoms with Crippen LogP contribution in [0, 0.1) is 0 Å². The maximum absolute atomic E-state index is 12.7. The number of nitrogens with zero attached hydrogens (tertiary/aromatic N) is 3. The normalized spacial score (nSPS) is 26.7. The van der Waals surface area contributed by atoms with E-state index in [4.69, 9.17) is 0 Å². The second-order valence-electron chi connectivity index (χ2n) is 6.32. The zero-order chi connectivity index (χ0) is 14.7. The van der Waals surface area contributed by atoms with Gasteiger partial charge in [-0.15, -0.1) is 0 Å². The third-order valence-electron chi connectivity index (χ3n) is 5.03. The van der Waals surface area contributed by atoms with Crippen LogP contribution in [0.1, 0.15) is 48.9 Å². The lowest BCUT2D eigenvalue weighted by atomic mass is 9.88. The summed E-state index contributed by atoms with van der Waals surface area (Å²) in [6, 6.07) is 4.59. The molecule has 1 aromatic heterocycles. The molecule has 4 nitrogen and oxygen atoms in total. The molecule has 0 bridgehead atoms. The van der Waals surface area contributed by atoms with Crippen molar-refractivity contribution >= 4 is 5.91 Å². The number of likely N-dealkylation sites (tertiary alicyclic amines) is 1. The quantitative estimate of drug-likeness (QED) is 0.857. The number of likely N-dealkylation sites (N-methyl/N-ethyl adjacent to an activating group) is 1. The Morgan fingerprint density at radius 1 is 1.24 bits per heavy atom. The van der Waals surface area contributed by atoms with E-state index in [0.29, 0.717) is 17.6 Å². The Morgan fingerprint density at radius 3 is 2.71 bits per heavy atom. The van der Waals surface area contributed by atoms with Gasteiger partial charge >= 0.3 is 0 Å². The molecule has 2 heterocycles. The minimum Gasteiger partial charge on any atom is -0.337 e. The van der Waals surface area contributed by atoms with Gasteiger partial charge in [0.1, 0.15) is 0 Å². The molecule has 2 fully saturated rings. The van der Waals surface area contributed by atoms with Crippen LogP contribution in [0.25, 0.3) is 0 Å². The van der Waals surface area contributed by atoms with Crippen molar-refractivity contribution in [1.82, 2.24) is 14.8 Å². The summed E-state index contributed by atoms with van der Waals surface area (Å²) in [7, 11) is 1.97. The molecule has 1 saturated heterocycles. The minimum absolute atomic E-state index is 0.110. The molecular weight excluding hydrogens is 262 g/mol. The molecule has 4 heteroatoms. The zero-order valence-electron chi connectivity index (χ0n) is 12.9. The Morgan fingerprint density at radius 2 is 2.00 bits per heavy atom. The average Bonchev–Trinajstić information content (AvgIpc) is 3.08. The van der Waals surface area contributed by atoms with Crippen LogP contribution < -0.4 is 0 Å². The topological polar surface area (TPSA) is 36.4 Å². The van der Waals surface area contributed by atoms with E-state index < -0.39 is 0 Å². The molecule has 1 aliphatic heterocycles. The average molecular weight is 287 g/mol. The van der Waals surface area contributed by atoms with E-state index in [0.717, 1.165) is 6.42 Å². The van der Waals surface area contributed by atoms with E-state index in [-0.39, 0.29) is 5.91 Å². The van der Waals surface area contributed by atoms with Crippen molar-refractivity contribution in [1.29, 1.82) is 0 Å². The molecule has 2 atom stereocenters. The predicted octanol–water partition coefficient (Wildman–Crippen LogP) is 2.56. The second-order valence-corrected chi connectivity index (χ2v) is 6.32. The van der Waals surface area contributed by atoms with Gasteiger partial charge in [-0.1, -0.05) is 12.8 Å². The van der Waals surface area contributed by atoms with Gasteiger partial charge in [0, 0.05) is 31.5 Å². The number of hydrogen-bond donors (Lipinski definition) is 0. The monoisotopic (exact) mass is 287 g/mol. The Labute approximate surface area is 127 Å². The first-order valence-electron chi connectivity index (χ1n) is 8.18. The van der Waals surface area contributed by atoms with Crippen molar-refractivity contribution < 1.29 is 4.79 Å². The van der Waals surface area contributed by atoms with Crippen molar-refractivity contribution in [2.45, 2.75) is 50.6 Å². The summed E-state index contributed by atoms with van der Waals surface area (Å²) in [5.74, 6) is 0.110. The third kappa shape index (κ3) is 3.10. The Hall–Kier alpha value is -1.42. The largest absolute Gasteiger partial charge is 0.337 e. The Balaban J connectivity index is 1.74. The summed E-state index contributed by atoms with van der Waals surface area (Å²) < 4.78 is 0. The van der Waals surface area contributed by atoms with Crippen LogP contribution >= 0.6 is 0 Å². The highest BCUT2D eigenvalue weighted by Crippen LogP contribution is 2.29. The summed E-state index contributed by atoms with van der Waals surface area (Å²) >= 11 is 0. The van der Waals surface area contributed by atoms with Gasteiger partial charge in [-0.3, -0.25) is 14.7 Å². The minimum atomic E-state index is 0.110. The van der Waals surface area contributed by atoms with Crippen LogP contribution in [0.5, 0.6) is 0 Å². The summed E-state index contributed by atoms with van der Waals surface area (Å²) in [5.41, 5.74) is 0.700. The lowest BCUT2D eigenvalue weighted by Gasteiger charge is -2.42. The highest BCUT2D eigenvalue weighted by atomic mass is 16.2. The number of aromatic nitrogens is 1. The molecule has 0 radical (unpaired) electrons. The maximum atomic E-state index is 12.7. The molecule has 0 N–H and O–H groups in total. The fraction of sp³-hybridized carbons (Fsp3) is 0.647. The third-order valence-corrected chi connectivity index (χ3v) is 5.03. The van der Waals surface area contributed by atoms with Gasteiger partial charge in [0.2, 0.25) is 0 Å². The number of hydrogen-bond acceptors (Lipinski definition) is 3. The summed E-state index contributed by atoms with van der Waals surface area (Å²) in [4.78, 5) is 21.3. The van der Waals surface area contributed by atoms with Crippen LogP contribution in [0.4, 0.5) is 0 Å². The van der Waals surface area contributed by atoms with Gasteiger partial charge in [0.05, 0.1) is 5.56 Å². The van der Waals surface area contributed by atoms with Crippen LogP contribution in [0.2, 0.25) is 0 Å². The van der Waals surface area contributed by atoms with Gasteiger partial charge in [0.15, 0.2) is 0 Å². The van der Waals surface area contributed by atoms with E-state index in [9.17, 15) is 4.79 Å². The lowest BCUT2D eigenvalue weighted by molar-refractivity contribution is 0.0496. The maximum Gasteiger partial charge on any atom is 0.255 e. The van der Waals surface area contributed by atoms with E-state index >= 15 is 0 Å². The van der Waals surface area contributed by atoms with Crippen molar-refractivity contribution in [3.05, 3.63) is 30.1 Å². The summed E-state index contributed by atoms with van der Waals surface area (Å²) in [6.45, 7) is 2.41. The first kappa shape index (κ1) is 14.5. The molecule has 1 amide bonds. The number of rotatable bonds is 3. The molecule has 0 spiro atoms. The van der Waals surface area contributed by atoms with Crippen LogP contribution in [0.15, 0.2) is 24.5 Å². The van der Waals surface area contributed by atoms with Gasteiger partial charge in [-0.05, 0) is 50.9 Å². The van der Waals surface area contributed by atoms with Crippen LogP contribution in [0.3, 0.4) is 0 Å². The van der Waals surface area contributed by atoms with Gasteiger partial charge in [-0.25, -0.2) is 0 Å². The molecule has 0 aromatic carbocycles. The van der Waals surface area contributed by atoms with E-state index in [1.165, 1.54) is 45.2 Å². The van der Waals surface area contributed by atoms with Crippen molar-refractivity contribution in [3.63, 3.8) is 0 Å². The lowest BCUT2D eigenvalue weighted by Crippen LogP contribution is -2.53. The van der Waals surface area contributed by atoms with Gasteiger partial charge in [0.25, 0.3) is 5.91 Å². The second kappa shape index (κ2) is 6.56. The predicted molar refractivity (Wildman–Crippen MR) is 83.2 cm³/mol. The number of amides is 1. The molecular formula is C17H25N3O. The molecule has 1 aliphatic carbocycles. The summed E-state index contributed by atoms with van der Waals surface area (Å²) in [6.07, 6.45) is 10.9. The van der Waals surface area contributed by atoms with Crippen molar-refractivity contribution in [3.8, 4) is 0 Å². The van der Waals surface area contributed by atoms with Crippen molar-refractivity contribution in [2.24, 2.45) is 0 Å². The zero-order valence-corrected chi connectivity index (χ0v) is 12.9. The van der Waals surface area contributed by atoms with E-state index in [2.05, 4.69) is 9.88 Å².